The van der Waals surface area contributed by atoms with Crippen LogP contribution in [-0.2, 0) is 16.4 Å². The lowest BCUT2D eigenvalue weighted by atomic mass is 9.64. The maximum atomic E-state index is 12.9. The summed E-state index contributed by atoms with van der Waals surface area (Å²) in [4.78, 5) is 12.1. The smallest absolute Gasteiger partial charge is 0.354 e. The Morgan fingerprint density at radius 1 is 1.42 bits per heavy atom. The van der Waals surface area contributed by atoms with Crippen LogP contribution >= 0.6 is 11.8 Å². The predicted molar refractivity (Wildman–Crippen MR) is 91.0 cm³/mol. The molecule has 0 radical (unpaired) electrons. The summed E-state index contributed by atoms with van der Waals surface area (Å²) in [5.74, 6) is 0.565. The van der Waals surface area contributed by atoms with Gasteiger partial charge >= 0.3 is 6.18 Å². The van der Waals surface area contributed by atoms with Gasteiger partial charge in [-0.1, -0.05) is 24.6 Å². The maximum absolute atomic E-state index is 12.9. The molecule has 0 saturated heterocycles. The van der Waals surface area contributed by atoms with Crippen molar-refractivity contribution in [3.63, 3.8) is 0 Å². The van der Waals surface area contributed by atoms with E-state index in [-0.39, 0.29) is 5.91 Å². The van der Waals surface area contributed by atoms with E-state index in [1.165, 1.54) is 12.1 Å². The highest BCUT2D eigenvalue weighted by Crippen LogP contribution is 2.44. The minimum absolute atomic E-state index is 0.234. The maximum Gasteiger partial charge on any atom is 0.416 e. The molecular weight excluding hydrogens is 337 g/mol. The molecule has 7 heteroatoms. The van der Waals surface area contributed by atoms with Crippen LogP contribution in [0.15, 0.2) is 24.3 Å². The SMILES string of the molecule is CSCC[C@H](N)C(=O)NCC1(c2cccc(C(F)(F)F)c2)CCC1. The van der Waals surface area contributed by atoms with Gasteiger partial charge in [-0.3, -0.25) is 4.79 Å². The normalized spacial score (nSPS) is 17.9. The van der Waals surface area contributed by atoms with Crippen molar-refractivity contribution in [2.45, 2.75) is 43.3 Å². The van der Waals surface area contributed by atoms with Gasteiger partial charge in [0.1, 0.15) is 0 Å². The third kappa shape index (κ3) is 4.45. The molecule has 134 valence electrons. The molecule has 0 unspecified atom stereocenters. The predicted octanol–water partition coefficient (Wildman–Crippen LogP) is 3.32. The van der Waals surface area contributed by atoms with Crippen LogP contribution < -0.4 is 11.1 Å². The number of carbonyl (C=O) groups is 1. The van der Waals surface area contributed by atoms with Crippen molar-refractivity contribution in [3.05, 3.63) is 35.4 Å². The lowest BCUT2D eigenvalue weighted by Gasteiger charge is -2.43. The molecule has 1 aliphatic carbocycles. The Morgan fingerprint density at radius 3 is 2.67 bits per heavy atom. The second-order valence-electron chi connectivity index (χ2n) is 6.32. The summed E-state index contributed by atoms with van der Waals surface area (Å²) in [6.45, 7) is 0.333. The van der Waals surface area contributed by atoms with Crippen molar-refractivity contribution in [2.24, 2.45) is 5.73 Å². The second-order valence-corrected chi connectivity index (χ2v) is 7.30. The van der Waals surface area contributed by atoms with Gasteiger partial charge in [-0.15, -0.1) is 0 Å². The Labute approximate surface area is 144 Å². The number of hydrogen-bond acceptors (Lipinski definition) is 3. The molecule has 0 aromatic heterocycles. The van der Waals surface area contributed by atoms with Crippen molar-refractivity contribution in [2.75, 3.05) is 18.6 Å². The van der Waals surface area contributed by atoms with Crippen molar-refractivity contribution < 1.29 is 18.0 Å². The van der Waals surface area contributed by atoms with E-state index in [0.717, 1.165) is 31.1 Å². The molecule has 1 saturated carbocycles. The minimum Gasteiger partial charge on any atom is -0.354 e. The number of nitrogens with two attached hydrogens (primary N) is 1. The quantitative estimate of drug-likeness (QED) is 0.784. The fraction of sp³-hybridized carbons (Fsp3) is 0.588. The Balaban J connectivity index is 2.06. The largest absolute Gasteiger partial charge is 0.416 e. The van der Waals surface area contributed by atoms with E-state index in [0.29, 0.717) is 18.5 Å². The van der Waals surface area contributed by atoms with E-state index in [4.69, 9.17) is 5.73 Å². The van der Waals surface area contributed by atoms with Gasteiger partial charge in [0, 0.05) is 12.0 Å². The topological polar surface area (TPSA) is 55.1 Å². The number of benzene rings is 1. The second kappa shape index (κ2) is 7.78. The van der Waals surface area contributed by atoms with Crippen LogP contribution in [0.25, 0.3) is 0 Å². The summed E-state index contributed by atoms with van der Waals surface area (Å²) in [5, 5.41) is 2.84. The molecule has 1 aliphatic rings. The highest BCUT2D eigenvalue weighted by molar-refractivity contribution is 7.98. The Bertz CT molecular complexity index is 573. The van der Waals surface area contributed by atoms with E-state index in [1.807, 2.05) is 6.26 Å². The summed E-state index contributed by atoms with van der Waals surface area (Å²) in [7, 11) is 0. The molecule has 0 bridgehead atoms. The molecule has 3 nitrogen and oxygen atoms in total. The number of hydrogen-bond donors (Lipinski definition) is 2. The first-order valence-corrected chi connectivity index (χ1v) is 9.38. The zero-order valence-electron chi connectivity index (χ0n) is 13.7. The number of halogens is 3. The van der Waals surface area contributed by atoms with E-state index in [9.17, 15) is 18.0 Å². The van der Waals surface area contributed by atoms with Crippen molar-refractivity contribution in [1.82, 2.24) is 5.32 Å². The molecule has 1 amide bonds. The zero-order chi connectivity index (χ0) is 17.8. The zero-order valence-corrected chi connectivity index (χ0v) is 14.5. The van der Waals surface area contributed by atoms with Crippen LogP contribution in [0.4, 0.5) is 13.2 Å². The van der Waals surface area contributed by atoms with Gasteiger partial charge in [0.15, 0.2) is 0 Å². The van der Waals surface area contributed by atoms with E-state index in [2.05, 4.69) is 5.32 Å². The summed E-state index contributed by atoms with van der Waals surface area (Å²) >= 11 is 1.62. The third-order valence-electron chi connectivity index (χ3n) is 4.68. The Hall–Kier alpha value is -1.21. The van der Waals surface area contributed by atoms with Gasteiger partial charge in [0.05, 0.1) is 11.6 Å². The van der Waals surface area contributed by atoms with Crippen LogP contribution in [-0.4, -0.2) is 30.5 Å². The van der Waals surface area contributed by atoms with Crippen LogP contribution in [0.5, 0.6) is 0 Å². The number of alkyl halides is 3. The summed E-state index contributed by atoms with van der Waals surface area (Å²) < 4.78 is 38.8. The molecule has 1 aromatic rings. The van der Waals surface area contributed by atoms with E-state index in [1.54, 1.807) is 17.8 Å². The highest BCUT2D eigenvalue weighted by atomic mass is 32.2. The molecule has 1 aromatic carbocycles. The van der Waals surface area contributed by atoms with E-state index >= 15 is 0 Å². The van der Waals surface area contributed by atoms with Crippen molar-refractivity contribution in [1.29, 1.82) is 0 Å². The number of carbonyl (C=O) groups excluding carboxylic acids is 1. The molecule has 3 N–H and O–H groups in total. The lowest BCUT2D eigenvalue weighted by molar-refractivity contribution is -0.137. The average Bonchev–Trinajstić information content (AvgIpc) is 2.50. The van der Waals surface area contributed by atoms with E-state index < -0.39 is 23.2 Å². The number of thioether (sulfide) groups is 1. The molecule has 0 heterocycles. The molecule has 1 atom stereocenters. The summed E-state index contributed by atoms with van der Waals surface area (Å²) in [5.41, 5.74) is 5.43. The third-order valence-corrected chi connectivity index (χ3v) is 5.33. The van der Waals surface area contributed by atoms with Crippen LogP contribution in [0, 0.1) is 0 Å². The van der Waals surface area contributed by atoms with Gasteiger partial charge in [-0.05, 0) is 42.9 Å². The molecule has 0 aliphatic heterocycles. The molecule has 2 rings (SSSR count). The van der Waals surface area contributed by atoms with Gasteiger partial charge in [0.25, 0.3) is 0 Å². The number of nitrogens with one attached hydrogen (secondary N) is 1. The Morgan fingerprint density at radius 2 is 2.12 bits per heavy atom. The van der Waals surface area contributed by atoms with Crippen molar-refractivity contribution >= 4 is 17.7 Å². The first-order valence-electron chi connectivity index (χ1n) is 7.98. The Kier molecular flexibility index (Phi) is 6.20. The molecule has 1 fully saturated rings. The first-order chi connectivity index (χ1) is 11.3. The van der Waals surface area contributed by atoms with Gasteiger partial charge < -0.3 is 11.1 Å². The average molecular weight is 360 g/mol. The van der Waals surface area contributed by atoms with Crippen LogP contribution in [0.3, 0.4) is 0 Å². The number of amides is 1. The highest BCUT2D eigenvalue weighted by Gasteiger charge is 2.40. The van der Waals surface area contributed by atoms with Gasteiger partial charge in [-0.25, -0.2) is 0 Å². The van der Waals surface area contributed by atoms with Gasteiger partial charge in [-0.2, -0.15) is 24.9 Å². The minimum atomic E-state index is -4.36. The molecule has 0 spiro atoms. The van der Waals surface area contributed by atoms with Crippen molar-refractivity contribution in [3.8, 4) is 0 Å². The first kappa shape index (κ1) is 19.1. The summed E-state index contributed by atoms with van der Waals surface area (Å²) in [6, 6.07) is 4.86. The fourth-order valence-corrected chi connectivity index (χ4v) is 3.45. The fourth-order valence-electron chi connectivity index (χ4n) is 2.96. The standard InChI is InChI=1S/C17H23F3N2OS/c1-24-9-6-14(21)15(23)22-11-16(7-3-8-16)12-4-2-5-13(10-12)17(18,19)20/h2,4-5,10,14H,3,6-9,11,21H2,1H3,(H,22,23)/t14-/m0/s1. The van der Waals surface area contributed by atoms with Crippen LogP contribution in [0.1, 0.15) is 36.8 Å². The molecule has 24 heavy (non-hydrogen) atoms. The lowest BCUT2D eigenvalue weighted by Crippen LogP contribution is -2.49. The molecular formula is C17H23F3N2OS. The monoisotopic (exact) mass is 360 g/mol. The number of rotatable bonds is 7. The summed E-state index contributed by atoms with van der Waals surface area (Å²) in [6.07, 6.45) is 0.670. The van der Waals surface area contributed by atoms with Gasteiger partial charge in [0.2, 0.25) is 5.91 Å². The van der Waals surface area contributed by atoms with Crippen LogP contribution in [0.2, 0.25) is 0 Å².